The van der Waals surface area contributed by atoms with Crippen LogP contribution in [0.3, 0.4) is 0 Å². The maximum atomic E-state index is 11.6. The third kappa shape index (κ3) is 27.0. The molecule has 0 bridgehead atoms. The summed E-state index contributed by atoms with van der Waals surface area (Å²) in [7, 11) is 0. The molecule has 0 fully saturated rings. The number of carbonyl (C=O) groups is 2. The van der Waals surface area contributed by atoms with E-state index in [1.807, 2.05) is 0 Å². The van der Waals surface area contributed by atoms with Gasteiger partial charge in [0, 0.05) is 6.42 Å². The van der Waals surface area contributed by atoms with Gasteiger partial charge in [0.2, 0.25) is 0 Å². The highest BCUT2D eigenvalue weighted by Crippen LogP contribution is 2.19. The summed E-state index contributed by atoms with van der Waals surface area (Å²) in [5.74, 6) is -1.45. The second-order valence-electron chi connectivity index (χ2n) is 10.5. The zero-order valence-electron chi connectivity index (χ0n) is 23.6. The molecule has 0 aliphatic heterocycles. The van der Waals surface area contributed by atoms with Crippen LogP contribution in [0.2, 0.25) is 0 Å². The lowest BCUT2D eigenvalue weighted by Crippen LogP contribution is -2.13. The molecule has 0 aliphatic rings. The topological polar surface area (TPSA) is 74.6 Å². The number of unbranched alkanes of at least 4 members (excludes halogenated alkanes) is 17. The molecule has 36 heavy (non-hydrogen) atoms. The summed E-state index contributed by atoms with van der Waals surface area (Å²) in [6.07, 6.45) is 35.7. The molecule has 4 heteroatoms. The number of hydrogen-bond donors (Lipinski definition) is 2. The average Bonchev–Trinajstić information content (AvgIpc) is 2.85. The van der Waals surface area contributed by atoms with Crippen molar-refractivity contribution in [1.29, 1.82) is 0 Å². The van der Waals surface area contributed by atoms with Crippen molar-refractivity contribution >= 4 is 11.9 Å². The van der Waals surface area contributed by atoms with E-state index in [1.54, 1.807) is 0 Å². The Morgan fingerprint density at radius 3 is 1.28 bits per heavy atom. The van der Waals surface area contributed by atoms with Crippen LogP contribution in [0.25, 0.3) is 0 Å². The molecule has 1 atom stereocenters. The maximum Gasteiger partial charge on any atom is 0.306 e. The summed E-state index contributed by atoms with van der Waals surface area (Å²) in [5, 5.41) is 18.1. The lowest BCUT2D eigenvalue weighted by Gasteiger charge is -2.12. The van der Waals surface area contributed by atoms with E-state index in [-0.39, 0.29) is 5.92 Å². The highest BCUT2D eigenvalue weighted by Gasteiger charge is 2.16. The van der Waals surface area contributed by atoms with E-state index < -0.39 is 11.9 Å². The number of rotatable bonds is 28. The molecule has 0 aromatic heterocycles. The summed E-state index contributed by atoms with van der Waals surface area (Å²) >= 11 is 0. The number of hydrogen-bond acceptors (Lipinski definition) is 2. The van der Waals surface area contributed by atoms with Crippen molar-refractivity contribution in [3.8, 4) is 0 Å². The van der Waals surface area contributed by atoms with Gasteiger partial charge in [0.05, 0.1) is 5.92 Å². The Labute approximate surface area is 223 Å². The average molecular weight is 507 g/mol. The molecule has 0 amide bonds. The number of carboxylic acid groups (broad SMARTS) is 2. The van der Waals surface area contributed by atoms with Gasteiger partial charge in [-0.25, -0.2) is 0 Å². The van der Waals surface area contributed by atoms with Gasteiger partial charge in [-0.1, -0.05) is 108 Å². The van der Waals surface area contributed by atoms with Gasteiger partial charge in [-0.05, 0) is 70.6 Å². The molecular weight excluding hydrogens is 448 g/mol. The summed E-state index contributed by atoms with van der Waals surface area (Å²) in [4.78, 5) is 22.0. The van der Waals surface area contributed by atoms with Crippen molar-refractivity contribution in [2.45, 2.75) is 161 Å². The molecule has 2 N–H and O–H groups in total. The molecular formula is C32H58O4. The van der Waals surface area contributed by atoms with Crippen LogP contribution in [0.5, 0.6) is 0 Å². The molecule has 0 aromatic rings. The lowest BCUT2D eigenvalue weighted by atomic mass is 9.94. The fraction of sp³-hybridized carbons (Fsp3) is 0.812. The molecule has 0 radical (unpaired) electrons. The van der Waals surface area contributed by atoms with Gasteiger partial charge in [0.1, 0.15) is 0 Å². The maximum absolute atomic E-state index is 11.6. The van der Waals surface area contributed by atoms with Crippen molar-refractivity contribution in [2.24, 2.45) is 5.92 Å². The van der Waals surface area contributed by atoms with Gasteiger partial charge >= 0.3 is 11.9 Å². The smallest absolute Gasteiger partial charge is 0.306 e. The molecule has 0 saturated heterocycles. The molecule has 0 saturated carbocycles. The molecule has 4 nitrogen and oxygen atoms in total. The Kier molecular flexibility index (Phi) is 26.8. The third-order valence-electron chi connectivity index (χ3n) is 7.02. The molecule has 0 heterocycles. The van der Waals surface area contributed by atoms with Crippen molar-refractivity contribution in [3.63, 3.8) is 0 Å². The molecule has 0 spiro atoms. The van der Waals surface area contributed by atoms with Crippen LogP contribution in [-0.4, -0.2) is 22.2 Å². The largest absolute Gasteiger partial charge is 0.481 e. The van der Waals surface area contributed by atoms with E-state index in [9.17, 15) is 14.7 Å². The van der Waals surface area contributed by atoms with E-state index in [1.165, 1.54) is 77.0 Å². The minimum atomic E-state index is -0.687. The SMILES string of the molecule is CCCCCC/C=C\CCCCCCC(CCCCCCC=CCCCCCCCC(=O)O)C(=O)O. The predicted octanol–water partition coefficient (Wildman–Crippen LogP) is 10.3. The highest BCUT2D eigenvalue weighted by molar-refractivity contribution is 5.69. The Bertz CT molecular complexity index is 552. The Balaban J connectivity index is 3.52. The quantitative estimate of drug-likeness (QED) is 0.0817. The molecule has 0 rings (SSSR count). The molecule has 1 unspecified atom stereocenters. The van der Waals surface area contributed by atoms with Crippen molar-refractivity contribution in [2.75, 3.05) is 0 Å². The summed E-state index contributed by atoms with van der Waals surface area (Å²) in [6.45, 7) is 2.25. The minimum absolute atomic E-state index is 0.156. The minimum Gasteiger partial charge on any atom is -0.481 e. The van der Waals surface area contributed by atoms with Gasteiger partial charge in [-0.15, -0.1) is 0 Å². The zero-order valence-corrected chi connectivity index (χ0v) is 23.6. The van der Waals surface area contributed by atoms with Gasteiger partial charge in [0.25, 0.3) is 0 Å². The second-order valence-corrected chi connectivity index (χ2v) is 10.5. The van der Waals surface area contributed by atoms with Crippen LogP contribution < -0.4 is 0 Å². The van der Waals surface area contributed by atoms with E-state index in [2.05, 4.69) is 31.2 Å². The van der Waals surface area contributed by atoms with Gasteiger partial charge < -0.3 is 10.2 Å². The first-order valence-electron chi connectivity index (χ1n) is 15.3. The lowest BCUT2D eigenvalue weighted by molar-refractivity contribution is -0.142. The van der Waals surface area contributed by atoms with Crippen LogP contribution >= 0.6 is 0 Å². The first-order chi connectivity index (χ1) is 17.6. The first-order valence-corrected chi connectivity index (χ1v) is 15.3. The Morgan fingerprint density at radius 1 is 0.528 bits per heavy atom. The predicted molar refractivity (Wildman–Crippen MR) is 154 cm³/mol. The number of aliphatic carboxylic acids is 2. The Morgan fingerprint density at radius 2 is 0.889 bits per heavy atom. The molecule has 0 aliphatic carbocycles. The molecule has 0 aromatic carbocycles. The van der Waals surface area contributed by atoms with E-state index in [4.69, 9.17) is 5.11 Å². The van der Waals surface area contributed by atoms with E-state index >= 15 is 0 Å². The van der Waals surface area contributed by atoms with Crippen molar-refractivity contribution in [3.05, 3.63) is 24.3 Å². The van der Waals surface area contributed by atoms with Crippen LogP contribution in [0.4, 0.5) is 0 Å². The standard InChI is InChI=1S/C32H58O4/c1-2-3-4-5-6-7-8-12-15-18-21-24-27-30(32(35)36)28-25-22-19-16-13-10-9-11-14-17-20-23-26-29-31(33)34/h7-10,30H,2-6,11-29H2,1H3,(H,33,34)(H,35,36)/b8-7-,10-9?. The monoisotopic (exact) mass is 506 g/mol. The number of allylic oxidation sites excluding steroid dienone is 4. The van der Waals surface area contributed by atoms with Crippen LogP contribution in [0, 0.1) is 5.92 Å². The molecule has 210 valence electrons. The fourth-order valence-corrected chi connectivity index (χ4v) is 4.63. The van der Waals surface area contributed by atoms with E-state index in [0.717, 1.165) is 70.6 Å². The Hall–Kier alpha value is -1.58. The summed E-state index contributed by atoms with van der Waals surface area (Å²) in [5.41, 5.74) is 0. The fourth-order valence-electron chi connectivity index (χ4n) is 4.63. The van der Waals surface area contributed by atoms with Crippen LogP contribution in [0.15, 0.2) is 24.3 Å². The van der Waals surface area contributed by atoms with Crippen LogP contribution in [0.1, 0.15) is 161 Å². The third-order valence-corrected chi connectivity index (χ3v) is 7.02. The highest BCUT2D eigenvalue weighted by atomic mass is 16.4. The summed E-state index contributed by atoms with van der Waals surface area (Å²) in [6, 6.07) is 0. The second kappa shape index (κ2) is 28.0. The van der Waals surface area contributed by atoms with Gasteiger partial charge in [0.15, 0.2) is 0 Å². The van der Waals surface area contributed by atoms with Crippen molar-refractivity contribution in [1.82, 2.24) is 0 Å². The van der Waals surface area contributed by atoms with Gasteiger partial charge in [-0.3, -0.25) is 9.59 Å². The van der Waals surface area contributed by atoms with Crippen molar-refractivity contribution < 1.29 is 19.8 Å². The van der Waals surface area contributed by atoms with Gasteiger partial charge in [-0.2, -0.15) is 0 Å². The summed E-state index contributed by atoms with van der Waals surface area (Å²) < 4.78 is 0. The van der Waals surface area contributed by atoms with Crippen LogP contribution in [-0.2, 0) is 9.59 Å². The zero-order chi connectivity index (χ0) is 26.5. The first kappa shape index (κ1) is 34.4. The number of carboxylic acids is 2. The normalized spacial score (nSPS) is 12.6. The van der Waals surface area contributed by atoms with E-state index in [0.29, 0.717) is 6.42 Å².